The lowest BCUT2D eigenvalue weighted by Gasteiger charge is -2.17. The van der Waals surface area contributed by atoms with Gasteiger partial charge in [-0.2, -0.15) is 0 Å². The second-order valence-electron chi connectivity index (χ2n) is 5.71. The average Bonchev–Trinajstić information content (AvgIpc) is 2.65. The third-order valence-corrected chi connectivity index (χ3v) is 4.07. The molecule has 0 spiro atoms. The molecule has 4 heteroatoms. The molecule has 1 saturated heterocycles. The van der Waals surface area contributed by atoms with Gasteiger partial charge in [-0.15, -0.1) is 0 Å². The van der Waals surface area contributed by atoms with Crippen LogP contribution in [0.2, 0.25) is 13.1 Å². The van der Waals surface area contributed by atoms with Crippen LogP contribution < -0.4 is 0 Å². The number of ether oxygens (including phenoxy) is 2. The van der Waals surface area contributed by atoms with Crippen LogP contribution in [-0.2, 0) is 13.9 Å². The van der Waals surface area contributed by atoms with Gasteiger partial charge in [0.15, 0.2) is 14.8 Å². The maximum absolute atomic E-state index is 6.04. The molecule has 19 heavy (non-hydrogen) atoms. The van der Waals surface area contributed by atoms with Crippen molar-refractivity contribution in [1.29, 1.82) is 0 Å². The van der Waals surface area contributed by atoms with Crippen molar-refractivity contribution in [1.82, 2.24) is 0 Å². The maximum Gasteiger partial charge on any atom is 0.170 e. The molecule has 1 heterocycles. The maximum atomic E-state index is 6.04. The molecule has 1 aliphatic heterocycles. The molecule has 2 atom stereocenters. The Kier molecular flexibility index (Phi) is 4.79. The predicted molar refractivity (Wildman–Crippen MR) is 78.7 cm³/mol. The Balaban J connectivity index is 2.02. The molecule has 0 amide bonds. The van der Waals surface area contributed by atoms with E-state index in [1.54, 1.807) is 0 Å². The third-order valence-electron chi connectivity index (χ3n) is 3.17. The normalized spacial score (nSPS) is 25.9. The highest BCUT2D eigenvalue weighted by Crippen LogP contribution is 2.39. The summed E-state index contributed by atoms with van der Waals surface area (Å²) in [4.78, 5) is 0. The summed E-state index contributed by atoms with van der Waals surface area (Å²) in [5, 5.41) is 0. The number of rotatable bonds is 5. The van der Waals surface area contributed by atoms with E-state index in [0.717, 1.165) is 13.0 Å². The van der Waals surface area contributed by atoms with E-state index in [0.29, 0.717) is 0 Å². The van der Waals surface area contributed by atoms with Crippen LogP contribution >= 0.6 is 0 Å². The highest BCUT2D eigenvalue weighted by atomic mass is 28.3. The van der Waals surface area contributed by atoms with Crippen LogP contribution in [0.5, 0.6) is 0 Å². The van der Waals surface area contributed by atoms with Gasteiger partial charge in [0.25, 0.3) is 0 Å². The van der Waals surface area contributed by atoms with E-state index >= 15 is 0 Å². The lowest BCUT2D eigenvalue weighted by atomic mass is 10.0. The van der Waals surface area contributed by atoms with Crippen molar-refractivity contribution in [3.63, 3.8) is 0 Å². The Bertz CT molecular complexity index is 392. The third kappa shape index (κ3) is 4.14. The van der Waals surface area contributed by atoms with E-state index in [9.17, 15) is 0 Å². The van der Waals surface area contributed by atoms with Crippen molar-refractivity contribution < 1.29 is 13.9 Å². The second kappa shape index (κ2) is 6.18. The zero-order valence-electron chi connectivity index (χ0n) is 12.3. The molecule has 0 radical (unpaired) electrons. The minimum Gasteiger partial charge on any atom is -0.420 e. The van der Waals surface area contributed by atoms with Crippen molar-refractivity contribution in [2.45, 2.75) is 51.4 Å². The van der Waals surface area contributed by atoms with E-state index in [-0.39, 0.29) is 12.2 Å². The van der Waals surface area contributed by atoms with Gasteiger partial charge < -0.3 is 13.9 Å². The summed E-state index contributed by atoms with van der Waals surface area (Å²) in [6, 6.07) is 10.3. The van der Waals surface area contributed by atoms with Crippen molar-refractivity contribution in [2.24, 2.45) is 0 Å². The van der Waals surface area contributed by atoms with E-state index in [4.69, 9.17) is 13.9 Å². The zero-order valence-corrected chi connectivity index (χ0v) is 13.4. The molecule has 0 aromatic heterocycles. The fraction of sp³-hybridized carbons (Fsp3) is 0.600. The average molecular weight is 280 g/mol. The molecule has 2 rings (SSSR count). The molecule has 0 aliphatic carbocycles. The van der Waals surface area contributed by atoms with E-state index in [1.807, 2.05) is 32.0 Å². The first-order valence-electron chi connectivity index (χ1n) is 7.00. The summed E-state index contributed by atoms with van der Waals surface area (Å²) >= 11 is 0. The highest BCUT2D eigenvalue weighted by Gasteiger charge is 2.41. The van der Waals surface area contributed by atoms with Crippen LogP contribution in [0.4, 0.5) is 0 Å². The van der Waals surface area contributed by atoms with Crippen LogP contribution in [-0.4, -0.2) is 27.5 Å². The van der Waals surface area contributed by atoms with Crippen LogP contribution in [0.15, 0.2) is 30.3 Å². The lowest BCUT2D eigenvalue weighted by Crippen LogP contribution is -2.23. The molecule has 0 N–H and O–H groups in total. The van der Waals surface area contributed by atoms with Gasteiger partial charge in [-0.3, -0.25) is 0 Å². The summed E-state index contributed by atoms with van der Waals surface area (Å²) < 4.78 is 17.8. The number of hydrogen-bond donors (Lipinski definition) is 0. The van der Waals surface area contributed by atoms with Crippen molar-refractivity contribution >= 4 is 9.04 Å². The van der Waals surface area contributed by atoms with Crippen LogP contribution in [0.25, 0.3) is 0 Å². The first-order chi connectivity index (χ1) is 8.98. The minimum atomic E-state index is -0.955. The Morgan fingerprint density at radius 2 is 1.84 bits per heavy atom. The van der Waals surface area contributed by atoms with Gasteiger partial charge in [-0.25, -0.2) is 0 Å². The van der Waals surface area contributed by atoms with Crippen molar-refractivity contribution in [3.05, 3.63) is 35.9 Å². The number of benzene rings is 1. The largest absolute Gasteiger partial charge is 0.420 e. The molecule has 0 bridgehead atoms. The van der Waals surface area contributed by atoms with Crippen molar-refractivity contribution in [2.75, 3.05) is 6.61 Å². The Morgan fingerprint density at radius 1 is 1.16 bits per heavy atom. The van der Waals surface area contributed by atoms with E-state index in [1.165, 1.54) is 5.56 Å². The van der Waals surface area contributed by atoms with Gasteiger partial charge in [-0.05, 0) is 38.9 Å². The minimum absolute atomic E-state index is 0.00799. The van der Waals surface area contributed by atoms with Crippen LogP contribution in [0.3, 0.4) is 0 Å². The Labute approximate surface area is 117 Å². The summed E-state index contributed by atoms with van der Waals surface area (Å²) in [6.45, 7) is 9.08. The molecule has 0 saturated carbocycles. The molecule has 1 fully saturated rings. The smallest absolute Gasteiger partial charge is 0.170 e. The van der Waals surface area contributed by atoms with Crippen LogP contribution in [0.1, 0.15) is 31.9 Å². The Hall–Kier alpha value is -0.683. The SMILES string of the molecule is C[SiH](C)OCC[C@H]1OC(C)(C)O[C@@H]1c1ccccc1. The fourth-order valence-corrected chi connectivity index (χ4v) is 3.00. The molecular weight excluding hydrogens is 256 g/mol. The standard InChI is InChI=1S/C15H24O3Si/c1-15(2)17-13(10-11-16-19(3)4)14(18-15)12-8-6-5-7-9-12/h5-9,13-14,19H,10-11H2,1-4H3/t13-,14-/m1/s1. The molecule has 1 aliphatic rings. The zero-order chi connectivity index (χ0) is 13.9. The summed E-state index contributed by atoms with van der Waals surface area (Å²) in [5.74, 6) is -0.513. The van der Waals surface area contributed by atoms with E-state index in [2.05, 4.69) is 25.2 Å². The lowest BCUT2D eigenvalue weighted by molar-refractivity contribution is -0.147. The first kappa shape index (κ1) is 14.7. The highest BCUT2D eigenvalue weighted by molar-refractivity contribution is 6.48. The van der Waals surface area contributed by atoms with Gasteiger partial charge in [0.2, 0.25) is 0 Å². The van der Waals surface area contributed by atoms with Gasteiger partial charge in [0.05, 0.1) is 6.10 Å². The topological polar surface area (TPSA) is 27.7 Å². The predicted octanol–water partition coefficient (Wildman–Crippen LogP) is 3.27. The van der Waals surface area contributed by atoms with Gasteiger partial charge >= 0.3 is 0 Å². The Morgan fingerprint density at radius 3 is 2.47 bits per heavy atom. The fourth-order valence-electron chi connectivity index (χ4n) is 2.39. The second-order valence-corrected chi connectivity index (χ2v) is 8.14. The summed E-state index contributed by atoms with van der Waals surface area (Å²) in [7, 11) is -0.955. The van der Waals surface area contributed by atoms with Gasteiger partial charge in [-0.1, -0.05) is 30.3 Å². The first-order valence-corrected chi connectivity index (χ1v) is 9.78. The molecule has 1 aromatic rings. The van der Waals surface area contributed by atoms with Gasteiger partial charge in [0.1, 0.15) is 6.10 Å². The quantitative estimate of drug-likeness (QED) is 0.775. The monoisotopic (exact) mass is 280 g/mol. The molecular formula is C15H24O3Si. The molecule has 3 nitrogen and oxygen atoms in total. The van der Waals surface area contributed by atoms with Crippen LogP contribution in [0, 0.1) is 0 Å². The van der Waals surface area contributed by atoms with Crippen molar-refractivity contribution in [3.8, 4) is 0 Å². The molecule has 1 aromatic carbocycles. The van der Waals surface area contributed by atoms with E-state index < -0.39 is 14.8 Å². The van der Waals surface area contributed by atoms with Gasteiger partial charge in [0, 0.05) is 6.61 Å². The molecule has 106 valence electrons. The summed E-state index contributed by atoms with van der Waals surface area (Å²) in [5.41, 5.74) is 1.18. The number of hydrogen-bond acceptors (Lipinski definition) is 3. The summed E-state index contributed by atoms with van der Waals surface area (Å²) in [6.07, 6.45) is 0.965. The molecule has 0 unspecified atom stereocenters.